The molecule has 0 bridgehead atoms. The highest BCUT2D eigenvalue weighted by atomic mass is 35.5. The highest BCUT2D eigenvalue weighted by molar-refractivity contribution is 7.84. The fourth-order valence-electron chi connectivity index (χ4n) is 0.881. The van der Waals surface area contributed by atoms with E-state index in [1.54, 1.807) is 6.26 Å². The Morgan fingerprint density at radius 1 is 1.27 bits per heavy atom. The summed E-state index contributed by atoms with van der Waals surface area (Å²) in [5, 5.41) is 3.02. The molecule has 0 radical (unpaired) electrons. The molecule has 0 amide bonds. The second-order valence-electron chi connectivity index (χ2n) is 2.75. The van der Waals surface area contributed by atoms with Gasteiger partial charge in [0, 0.05) is 29.4 Å². The zero-order valence-corrected chi connectivity index (χ0v) is 10.4. The third-order valence-electron chi connectivity index (χ3n) is 1.47. The smallest absolute Gasteiger partial charge is 0.228 e. The summed E-state index contributed by atoms with van der Waals surface area (Å²) in [4.78, 5) is 11.3. The van der Waals surface area contributed by atoms with Gasteiger partial charge < -0.3 is 5.32 Å². The van der Waals surface area contributed by atoms with E-state index in [-0.39, 0.29) is 10.6 Å². The van der Waals surface area contributed by atoms with Crippen LogP contribution in [-0.2, 0) is 10.8 Å². The number of aromatic nitrogens is 3. The predicted octanol–water partition coefficient (Wildman–Crippen LogP) is 1.36. The maximum Gasteiger partial charge on any atom is 0.228 e. The van der Waals surface area contributed by atoms with Crippen LogP contribution in [0.2, 0.25) is 10.6 Å². The minimum Gasteiger partial charge on any atom is -0.354 e. The van der Waals surface area contributed by atoms with E-state index in [9.17, 15) is 4.21 Å². The van der Waals surface area contributed by atoms with E-state index in [0.29, 0.717) is 18.2 Å². The first-order chi connectivity index (χ1) is 7.08. The van der Waals surface area contributed by atoms with Crippen LogP contribution in [0.4, 0.5) is 5.95 Å². The SMILES string of the molecule is CS(=O)CCCNc1nc(Cl)nc(Cl)n1. The molecule has 0 saturated heterocycles. The van der Waals surface area contributed by atoms with E-state index < -0.39 is 10.8 Å². The molecule has 1 aromatic rings. The van der Waals surface area contributed by atoms with Crippen molar-refractivity contribution in [1.29, 1.82) is 0 Å². The van der Waals surface area contributed by atoms with E-state index in [1.807, 2.05) is 0 Å². The average Bonchev–Trinajstić information content (AvgIpc) is 2.10. The second kappa shape index (κ2) is 6.19. The lowest BCUT2D eigenvalue weighted by Gasteiger charge is -2.03. The highest BCUT2D eigenvalue weighted by Crippen LogP contribution is 2.09. The third kappa shape index (κ3) is 5.25. The van der Waals surface area contributed by atoms with Crippen LogP contribution in [0.25, 0.3) is 0 Å². The van der Waals surface area contributed by atoms with Crippen molar-refractivity contribution >= 4 is 39.9 Å². The lowest BCUT2D eigenvalue weighted by Crippen LogP contribution is -2.09. The van der Waals surface area contributed by atoms with Crippen molar-refractivity contribution in [3.8, 4) is 0 Å². The molecule has 0 saturated carbocycles. The van der Waals surface area contributed by atoms with Crippen molar-refractivity contribution < 1.29 is 4.21 Å². The van der Waals surface area contributed by atoms with Gasteiger partial charge in [0.25, 0.3) is 0 Å². The van der Waals surface area contributed by atoms with Crippen LogP contribution in [0.1, 0.15) is 6.42 Å². The van der Waals surface area contributed by atoms with Gasteiger partial charge >= 0.3 is 0 Å². The predicted molar refractivity (Wildman–Crippen MR) is 61.9 cm³/mol. The van der Waals surface area contributed by atoms with E-state index in [1.165, 1.54) is 0 Å². The van der Waals surface area contributed by atoms with Crippen molar-refractivity contribution in [3.63, 3.8) is 0 Å². The molecule has 0 aliphatic heterocycles. The molecule has 0 fully saturated rings. The highest BCUT2D eigenvalue weighted by Gasteiger charge is 2.01. The van der Waals surface area contributed by atoms with Crippen LogP contribution in [-0.4, -0.2) is 37.7 Å². The van der Waals surface area contributed by atoms with Crippen molar-refractivity contribution in [2.24, 2.45) is 0 Å². The second-order valence-corrected chi connectivity index (χ2v) is 4.99. The molecule has 0 aromatic carbocycles. The Balaban J connectivity index is 2.40. The maximum atomic E-state index is 10.8. The lowest BCUT2D eigenvalue weighted by atomic mass is 10.5. The molecule has 1 rings (SSSR count). The standard InChI is InChI=1S/C7H10Cl2N4OS/c1-15(14)4-2-3-10-7-12-5(8)11-6(9)13-7/h2-4H2,1H3,(H,10,11,12,13). The Labute approximate surface area is 100 Å². The molecule has 1 N–H and O–H groups in total. The van der Waals surface area contributed by atoms with Gasteiger partial charge in [0.15, 0.2) is 0 Å². The molecule has 0 aliphatic rings. The zero-order valence-electron chi connectivity index (χ0n) is 8.04. The zero-order chi connectivity index (χ0) is 11.3. The first kappa shape index (κ1) is 12.6. The normalized spacial score (nSPS) is 12.5. The summed E-state index contributed by atoms with van der Waals surface area (Å²) in [6.07, 6.45) is 2.43. The number of nitrogens with one attached hydrogen (secondary N) is 1. The van der Waals surface area contributed by atoms with E-state index in [4.69, 9.17) is 23.2 Å². The van der Waals surface area contributed by atoms with E-state index >= 15 is 0 Å². The maximum absolute atomic E-state index is 10.8. The number of halogens is 2. The van der Waals surface area contributed by atoms with Crippen LogP contribution in [0, 0.1) is 0 Å². The lowest BCUT2D eigenvalue weighted by molar-refractivity contribution is 0.685. The Kier molecular flexibility index (Phi) is 5.21. The first-order valence-electron chi connectivity index (χ1n) is 4.19. The number of hydrogen-bond donors (Lipinski definition) is 1. The number of hydrogen-bond acceptors (Lipinski definition) is 5. The minimum absolute atomic E-state index is 0.0524. The molecular weight excluding hydrogens is 259 g/mol. The van der Waals surface area contributed by atoms with Crippen molar-refractivity contribution in [2.75, 3.05) is 23.9 Å². The molecule has 0 spiro atoms. The molecule has 1 atom stereocenters. The molecule has 1 unspecified atom stereocenters. The van der Waals surface area contributed by atoms with Gasteiger partial charge in [-0.05, 0) is 29.6 Å². The summed E-state index contributed by atoms with van der Waals surface area (Å²) in [5.41, 5.74) is 0. The summed E-state index contributed by atoms with van der Waals surface area (Å²) in [5.74, 6) is 0.974. The molecule has 84 valence electrons. The fourth-order valence-corrected chi connectivity index (χ4v) is 1.79. The number of anilines is 1. The largest absolute Gasteiger partial charge is 0.354 e. The summed E-state index contributed by atoms with van der Waals surface area (Å²) in [6.45, 7) is 0.621. The summed E-state index contributed by atoms with van der Waals surface area (Å²) >= 11 is 11.2. The van der Waals surface area contributed by atoms with E-state index in [0.717, 1.165) is 6.42 Å². The van der Waals surface area contributed by atoms with Crippen LogP contribution in [0.5, 0.6) is 0 Å². The molecule has 1 heterocycles. The summed E-state index contributed by atoms with van der Waals surface area (Å²) in [6, 6.07) is 0. The molecule has 8 heteroatoms. The van der Waals surface area contributed by atoms with Crippen molar-refractivity contribution in [1.82, 2.24) is 15.0 Å². The van der Waals surface area contributed by atoms with Gasteiger partial charge in [-0.25, -0.2) is 0 Å². The summed E-state index contributed by atoms with van der Waals surface area (Å²) < 4.78 is 10.8. The Morgan fingerprint density at radius 2 is 1.87 bits per heavy atom. The first-order valence-corrected chi connectivity index (χ1v) is 6.67. The van der Waals surface area contributed by atoms with Crippen LogP contribution in [0.15, 0.2) is 0 Å². The Morgan fingerprint density at radius 3 is 2.40 bits per heavy atom. The van der Waals surface area contributed by atoms with Crippen molar-refractivity contribution in [2.45, 2.75) is 6.42 Å². The van der Waals surface area contributed by atoms with Gasteiger partial charge in [-0.3, -0.25) is 4.21 Å². The van der Waals surface area contributed by atoms with E-state index in [2.05, 4.69) is 20.3 Å². The van der Waals surface area contributed by atoms with Crippen molar-refractivity contribution in [3.05, 3.63) is 10.6 Å². The van der Waals surface area contributed by atoms with Gasteiger partial charge in [-0.1, -0.05) is 0 Å². The van der Waals surface area contributed by atoms with Gasteiger partial charge in [0.1, 0.15) is 0 Å². The van der Waals surface area contributed by atoms with Crippen LogP contribution >= 0.6 is 23.2 Å². The Bertz CT molecular complexity index is 343. The van der Waals surface area contributed by atoms with Gasteiger partial charge in [-0.2, -0.15) is 15.0 Å². The van der Waals surface area contributed by atoms with Gasteiger partial charge in [-0.15, -0.1) is 0 Å². The molecule has 0 aliphatic carbocycles. The topological polar surface area (TPSA) is 67.8 Å². The van der Waals surface area contributed by atoms with Gasteiger partial charge in [0.2, 0.25) is 16.5 Å². The molecular formula is C7H10Cl2N4OS. The van der Waals surface area contributed by atoms with Crippen LogP contribution in [0.3, 0.4) is 0 Å². The van der Waals surface area contributed by atoms with Gasteiger partial charge in [0.05, 0.1) is 0 Å². The average molecular weight is 269 g/mol. The fraction of sp³-hybridized carbons (Fsp3) is 0.571. The minimum atomic E-state index is -0.778. The third-order valence-corrected chi connectivity index (χ3v) is 2.67. The molecule has 15 heavy (non-hydrogen) atoms. The number of nitrogens with zero attached hydrogens (tertiary/aromatic N) is 3. The molecule has 5 nitrogen and oxygen atoms in total. The number of rotatable bonds is 5. The Hall–Kier alpha value is -0.460. The van der Waals surface area contributed by atoms with Crippen LogP contribution < -0.4 is 5.32 Å². The monoisotopic (exact) mass is 268 g/mol. The molecule has 1 aromatic heterocycles. The quantitative estimate of drug-likeness (QED) is 0.817. The summed E-state index contributed by atoms with van der Waals surface area (Å²) in [7, 11) is -0.778.